The van der Waals surface area contributed by atoms with Crippen LogP contribution in [0, 0.1) is 5.92 Å². The van der Waals surface area contributed by atoms with Crippen LogP contribution in [0.15, 0.2) is 28.4 Å². The maximum Gasteiger partial charge on any atom is 0.158 e. The Hall–Kier alpha value is -2.05. The number of rotatable bonds is 4. The van der Waals surface area contributed by atoms with E-state index >= 15 is 0 Å². The van der Waals surface area contributed by atoms with E-state index in [-0.39, 0.29) is 17.9 Å². The van der Waals surface area contributed by atoms with Crippen molar-refractivity contribution in [1.29, 1.82) is 0 Å². The summed E-state index contributed by atoms with van der Waals surface area (Å²) in [5.41, 5.74) is 0.930. The van der Waals surface area contributed by atoms with Gasteiger partial charge < -0.3 is 4.98 Å². The van der Waals surface area contributed by atoms with Crippen molar-refractivity contribution in [2.75, 3.05) is 0 Å². The average Bonchev–Trinajstić information content (AvgIpc) is 2.92. The summed E-state index contributed by atoms with van der Waals surface area (Å²) in [6.07, 6.45) is 5.05. The Morgan fingerprint density at radius 1 is 1.42 bits per heavy atom. The molecule has 2 unspecified atom stereocenters. The van der Waals surface area contributed by atoms with Gasteiger partial charge in [-0.15, -0.1) is 0 Å². The highest BCUT2D eigenvalue weighted by molar-refractivity contribution is 6.31. The van der Waals surface area contributed by atoms with Gasteiger partial charge in [-0.2, -0.15) is 0 Å². The van der Waals surface area contributed by atoms with Crippen molar-refractivity contribution in [2.24, 2.45) is 15.9 Å². The zero-order valence-corrected chi connectivity index (χ0v) is 14.8. The van der Waals surface area contributed by atoms with Gasteiger partial charge in [0.15, 0.2) is 5.84 Å². The van der Waals surface area contributed by atoms with E-state index in [1.54, 1.807) is 13.1 Å². The predicted molar refractivity (Wildman–Crippen MR) is 97.0 cm³/mol. The molecule has 2 N–H and O–H groups in total. The first-order valence-corrected chi connectivity index (χ1v) is 8.19. The van der Waals surface area contributed by atoms with Crippen molar-refractivity contribution < 1.29 is 4.79 Å². The number of carbonyl (C=O) groups is 1. The topological polar surface area (TPSA) is 82.5 Å². The average molecular weight is 346 g/mol. The van der Waals surface area contributed by atoms with Gasteiger partial charge in [0.05, 0.1) is 10.6 Å². The Morgan fingerprint density at radius 2 is 2.17 bits per heavy atom. The Morgan fingerprint density at radius 3 is 2.88 bits per heavy atom. The van der Waals surface area contributed by atoms with Crippen molar-refractivity contribution >= 4 is 40.5 Å². The molecule has 0 radical (unpaired) electrons. The molecule has 0 bridgehead atoms. The molecule has 1 aliphatic heterocycles. The molecule has 0 aromatic carbocycles. The highest BCUT2D eigenvalue weighted by Gasteiger charge is 2.30. The molecule has 0 amide bonds. The van der Waals surface area contributed by atoms with Crippen molar-refractivity contribution in [3.63, 3.8) is 0 Å². The molecular weight excluding hydrogens is 326 g/mol. The number of aliphatic imine (C=N–C) groups is 2. The third-order valence-corrected chi connectivity index (χ3v) is 4.53. The van der Waals surface area contributed by atoms with Crippen LogP contribution < -0.4 is 5.32 Å². The number of ketones is 1. The van der Waals surface area contributed by atoms with Gasteiger partial charge in [-0.3, -0.25) is 10.1 Å². The lowest BCUT2D eigenvalue weighted by Gasteiger charge is -2.31. The minimum Gasteiger partial charge on any atom is -0.345 e. The fourth-order valence-corrected chi connectivity index (χ4v) is 2.65. The fourth-order valence-electron chi connectivity index (χ4n) is 2.49. The summed E-state index contributed by atoms with van der Waals surface area (Å²) in [6, 6.07) is 1.84. The Bertz CT molecular complexity index is 852. The number of Topliss-reactive ketones (excluding diaryl/α,β-unsaturated/α-hetero) is 1. The van der Waals surface area contributed by atoms with Crippen molar-refractivity contribution in [3.05, 3.63) is 29.0 Å². The molecule has 2 aromatic rings. The maximum absolute atomic E-state index is 11.8. The van der Waals surface area contributed by atoms with Crippen LogP contribution in [-0.2, 0) is 4.79 Å². The SMILES string of the molecule is CC(=O)C(C)(C)NC1N=C(c2c[nH]c3ncc(Cl)cc23)N=CC1C. The number of aromatic amines is 1. The van der Waals surface area contributed by atoms with Gasteiger partial charge in [0.2, 0.25) is 0 Å². The van der Waals surface area contributed by atoms with Crippen molar-refractivity contribution in [3.8, 4) is 0 Å². The van der Waals surface area contributed by atoms with Crippen LogP contribution in [0.2, 0.25) is 5.02 Å². The van der Waals surface area contributed by atoms with Crippen LogP contribution in [-0.4, -0.2) is 39.5 Å². The van der Waals surface area contributed by atoms with Crippen molar-refractivity contribution in [2.45, 2.75) is 39.4 Å². The third kappa shape index (κ3) is 3.12. The van der Waals surface area contributed by atoms with Gasteiger partial charge in [-0.25, -0.2) is 15.0 Å². The number of hydrogen-bond donors (Lipinski definition) is 2. The highest BCUT2D eigenvalue weighted by atomic mass is 35.5. The first-order chi connectivity index (χ1) is 11.3. The Kier molecular flexibility index (Phi) is 4.27. The molecule has 1 aliphatic rings. The van der Waals surface area contributed by atoms with E-state index in [1.165, 1.54) is 0 Å². The summed E-state index contributed by atoms with van der Waals surface area (Å²) < 4.78 is 0. The van der Waals surface area contributed by atoms with Crippen molar-refractivity contribution in [1.82, 2.24) is 15.3 Å². The van der Waals surface area contributed by atoms with Crippen LogP contribution in [0.5, 0.6) is 0 Å². The normalized spacial score (nSPS) is 21.1. The second-order valence-corrected chi connectivity index (χ2v) is 7.05. The summed E-state index contributed by atoms with van der Waals surface area (Å²) in [6.45, 7) is 7.31. The minimum absolute atomic E-state index is 0.0667. The molecular formula is C17H20ClN5O. The van der Waals surface area contributed by atoms with Gasteiger partial charge in [0, 0.05) is 35.5 Å². The van der Waals surface area contributed by atoms with E-state index in [1.807, 2.05) is 39.2 Å². The minimum atomic E-state index is -0.649. The standard InChI is InChI=1S/C17H20ClN5O/c1-9-6-19-16(22-14(9)23-17(3,4)10(2)24)13-8-21-15-12(13)5-11(18)7-20-15/h5-9,14,23H,1-4H3,(H,20,21). The van der Waals surface area contributed by atoms with E-state index in [2.05, 4.69) is 20.3 Å². The van der Waals surface area contributed by atoms with Gasteiger partial charge in [-0.1, -0.05) is 18.5 Å². The third-order valence-electron chi connectivity index (χ3n) is 4.32. The lowest BCUT2D eigenvalue weighted by atomic mass is 9.97. The molecule has 3 rings (SSSR count). The Balaban J connectivity index is 1.98. The molecule has 2 atom stereocenters. The van der Waals surface area contributed by atoms with Crippen LogP contribution in [0.1, 0.15) is 33.3 Å². The van der Waals surface area contributed by atoms with Crippen LogP contribution in [0.3, 0.4) is 0 Å². The smallest absolute Gasteiger partial charge is 0.158 e. The van der Waals surface area contributed by atoms with E-state index in [0.717, 1.165) is 16.6 Å². The number of aromatic nitrogens is 2. The molecule has 0 fully saturated rings. The zero-order chi connectivity index (χ0) is 17.5. The highest BCUT2D eigenvalue weighted by Crippen LogP contribution is 2.24. The number of carbonyl (C=O) groups excluding carboxylic acids is 1. The fraction of sp³-hybridized carbons (Fsp3) is 0.412. The number of nitrogens with zero attached hydrogens (tertiary/aromatic N) is 3. The number of H-pyrrole nitrogens is 1. The molecule has 0 spiro atoms. The van der Waals surface area contributed by atoms with Gasteiger partial charge in [-0.05, 0) is 26.8 Å². The van der Waals surface area contributed by atoms with Gasteiger partial charge in [0.25, 0.3) is 0 Å². The van der Waals surface area contributed by atoms with E-state index in [0.29, 0.717) is 10.9 Å². The maximum atomic E-state index is 11.8. The van der Waals surface area contributed by atoms with E-state index in [9.17, 15) is 4.79 Å². The van der Waals surface area contributed by atoms with E-state index < -0.39 is 5.54 Å². The van der Waals surface area contributed by atoms with Crippen LogP contribution in [0.25, 0.3) is 11.0 Å². The predicted octanol–water partition coefficient (Wildman–Crippen LogP) is 2.97. The lowest BCUT2D eigenvalue weighted by Crippen LogP contribution is -2.53. The number of hydrogen-bond acceptors (Lipinski definition) is 5. The molecule has 24 heavy (non-hydrogen) atoms. The molecule has 0 saturated heterocycles. The first-order valence-electron chi connectivity index (χ1n) is 7.81. The molecule has 2 aromatic heterocycles. The molecule has 126 valence electrons. The summed E-state index contributed by atoms with van der Waals surface area (Å²) in [4.78, 5) is 28.3. The summed E-state index contributed by atoms with van der Waals surface area (Å²) in [5.74, 6) is 0.747. The van der Waals surface area contributed by atoms with Crippen LogP contribution >= 0.6 is 11.6 Å². The van der Waals surface area contributed by atoms with Crippen LogP contribution in [0.4, 0.5) is 0 Å². The monoisotopic (exact) mass is 345 g/mol. The van der Waals surface area contributed by atoms with Gasteiger partial charge in [0.1, 0.15) is 17.6 Å². The molecule has 0 aliphatic carbocycles. The lowest BCUT2D eigenvalue weighted by molar-refractivity contribution is -0.122. The molecule has 7 heteroatoms. The number of amidine groups is 1. The quantitative estimate of drug-likeness (QED) is 0.893. The molecule has 3 heterocycles. The molecule has 6 nitrogen and oxygen atoms in total. The summed E-state index contributed by atoms with van der Waals surface area (Å²) in [7, 11) is 0. The number of fused-ring (bicyclic) bond motifs is 1. The van der Waals surface area contributed by atoms with E-state index in [4.69, 9.17) is 16.6 Å². The largest absolute Gasteiger partial charge is 0.345 e. The number of halogens is 1. The first kappa shape index (κ1) is 16.8. The summed E-state index contributed by atoms with van der Waals surface area (Å²) >= 11 is 6.06. The van der Waals surface area contributed by atoms with Gasteiger partial charge >= 0.3 is 0 Å². The number of nitrogens with one attached hydrogen (secondary N) is 2. The second kappa shape index (κ2) is 6.11. The second-order valence-electron chi connectivity index (χ2n) is 6.61. The Labute approximate surface area is 145 Å². The number of pyridine rings is 1. The summed E-state index contributed by atoms with van der Waals surface area (Å²) in [5, 5.41) is 4.75. The molecule has 0 saturated carbocycles. The zero-order valence-electron chi connectivity index (χ0n) is 14.1.